The number of furan rings is 1. The molecule has 8 heteroatoms. The summed E-state index contributed by atoms with van der Waals surface area (Å²) in [4.78, 5) is 20.3. The fraction of sp³-hybridized carbons (Fsp3) is 0.684. The fourth-order valence-electron chi connectivity index (χ4n) is 3.39. The molecule has 0 saturated carbocycles. The molecule has 1 saturated heterocycles. The number of likely N-dealkylation sites (N-methyl/N-ethyl adjacent to an activating group) is 1. The van der Waals surface area contributed by atoms with Gasteiger partial charge in [-0.3, -0.25) is 9.89 Å². The first-order valence-electron chi connectivity index (χ1n) is 9.84. The Morgan fingerprint density at radius 1 is 1.41 bits per heavy atom. The molecule has 3 N–H and O–H groups in total. The zero-order valence-corrected chi connectivity index (χ0v) is 16.7. The highest BCUT2D eigenvalue weighted by Gasteiger charge is 2.24. The van der Waals surface area contributed by atoms with Crippen LogP contribution in [-0.2, 0) is 4.74 Å². The molecule has 0 aliphatic carbocycles. The summed E-state index contributed by atoms with van der Waals surface area (Å²) in [5.74, 6) is 1.34. The second-order valence-corrected chi connectivity index (χ2v) is 6.58. The Morgan fingerprint density at radius 2 is 2.11 bits per heavy atom. The summed E-state index contributed by atoms with van der Waals surface area (Å²) in [6.07, 6.45) is 3.10. The van der Waals surface area contributed by atoms with Gasteiger partial charge in [-0.1, -0.05) is 13.8 Å². The molecule has 2 heterocycles. The van der Waals surface area contributed by atoms with Crippen molar-refractivity contribution >= 4 is 12.1 Å². The van der Waals surface area contributed by atoms with Crippen molar-refractivity contribution in [1.82, 2.24) is 15.1 Å². The summed E-state index contributed by atoms with van der Waals surface area (Å²) in [5, 5.41) is 3.29. The molecule has 1 aliphatic heterocycles. The van der Waals surface area contributed by atoms with Gasteiger partial charge in [0.2, 0.25) is 0 Å². The second kappa shape index (κ2) is 10.8. The van der Waals surface area contributed by atoms with Gasteiger partial charge in [-0.05, 0) is 45.0 Å². The van der Waals surface area contributed by atoms with Crippen molar-refractivity contribution < 1.29 is 13.9 Å². The predicted octanol–water partition coefficient (Wildman–Crippen LogP) is 2.19. The van der Waals surface area contributed by atoms with E-state index in [1.807, 2.05) is 19.1 Å². The van der Waals surface area contributed by atoms with Crippen LogP contribution in [0.5, 0.6) is 0 Å². The maximum atomic E-state index is 11.8. The summed E-state index contributed by atoms with van der Waals surface area (Å²) < 4.78 is 10.6. The van der Waals surface area contributed by atoms with E-state index in [0.717, 1.165) is 31.7 Å². The van der Waals surface area contributed by atoms with Crippen molar-refractivity contribution in [3.63, 3.8) is 0 Å². The standard InChI is InChI=1S/C19H33N5O3/c1-4-23(5-2)16(17-8-7-13-27-17)14-21-18(20)22-15-9-11-24(12-10-15)19(25)26-6-3/h7-8,13,15-16H,4-6,9-12,14H2,1-3H3,(H3,20,21,22). The predicted molar refractivity (Wildman–Crippen MR) is 106 cm³/mol. The number of nitrogens with one attached hydrogen (secondary N) is 1. The first-order chi connectivity index (χ1) is 13.1. The maximum absolute atomic E-state index is 11.8. The lowest BCUT2D eigenvalue weighted by Crippen LogP contribution is -2.48. The lowest BCUT2D eigenvalue weighted by molar-refractivity contribution is 0.0963. The Bertz CT molecular complexity index is 578. The molecule has 8 nitrogen and oxygen atoms in total. The van der Waals surface area contributed by atoms with Gasteiger partial charge >= 0.3 is 6.09 Å². The first kappa shape index (κ1) is 21.1. The number of carbonyl (C=O) groups excluding carboxylic acids is 1. The minimum absolute atomic E-state index is 0.0704. The number of likely N-dealkylation sites (tertiary alicyclic amines) is 1. The zero-order chi connectivity index (χ0) is 19.6. The number of nitrogens with zero attached hydrogens (tertiary/aromatic N) is 3. The molecule has 1 aliphatic rings. The molecule has 0 bridgehead atoms. The van der Waals surface area contributed by atoms with Gasteiger partial charge in [-0.2, -0.15) is 0 Å². The number of rotatable bonds is 8. The van der Waals surface area contributed by atoms with Gasteiger partial charge in [-0.25, -0.2) is 4.79 Å². The van der Waals surface area contributed by atoms with Gasteiger partial charge in [-0.15, -0.1) is 0 Å². The Kier molecular flexibility index (Phi) is 8.44. The average molecular weight is 380 g/mol. The van der Waals surface area contributed by atoms with Gasteiger partial charge in [0.15, 0.2) is 5.96 Å². The third-order valence-electron chi connectivity index (χ3n) is 4.93. The zero-order valence-electron chi connectivity index (χ0n) is 16.7. The number of aliphatic imine (C=N–C) groups is 1. The number of nitrogens with two attached hydrogens (primary N) is 1. The van der Waals surface area contributed by atoms with Crippen LogP contribution in [0.3, 0.4) is 0 Å². The van der Waals surface area contributed by atoms with Crippen LogP contribution < -0.4 is 11.1 Å². The molecule has 0 aromatic carbocycles. The van der Waals surface area contributed by atoms with Crippen LogP contribution in [0.25, 0.3) is 0 Å². The van der Waals surface area contributed by atoms with Crippen molar-refractivity contribution in [2.24, 2.45) is 10.7 Å². The van der Waals surface area contributed by atoms with Crippen molar-refractivity contribution in [2.45, 2.75) is 45.7 Å². The number of hydrogen-bond acceptors (Lipinski definition) is 5. The lowest BCUT2D eigenvalue weighted by atomic mass is 10.1. The molecule has 2 rings (SSSR count). The number of carbonyl (C=O) groups is 1. The number of ether oxygens (including phenoxy) is 1. The third kappa shape index (κ3) is 6.16. The summed E-state index contributed by atoms with van der Waals surface area (Å²) >= 11 is 0. The first-order valence-corrected chi connectivity index (χ1v) is 9.84. The van der Waals surface area contributed by atoms with E-state index in [1.165, 1.54) is 0 Å². The number of hydrogen-bond donors (Lipinski definition) is 2. The SMILES string of the molecule is CCOC(=O)N1CCC(NC(N)=NCC(c2ccco2)N(CC)CC)CC1. The van der Waals surface area contributed by atoms with Crippen LogP contribution in [-0.4, -0.2) is 67.2 Å². The van der Waals surface area contributed by atoms with Gasteiger partial charge in [0.25, 0.3) is 0 Å². The van der Waals surface area contributed by atoms with E-state index in [4.69, 9.17) is 14.9 Å². The van der Waals surface area contributed by atoms with Gasteiger partial charge < -0.3 is 25.1 Å². The Hall–Kier alpha value is -2.22. The number of piperidine rings is 1. The molecule has 1 unspecified atom stereocenters. The van der Waals surface area contributed by atoms with Gasteiger partial charge in [0.05, 0.1) is 25.5 Å². The van der Waals surface area contributed by atoms with Gasteiger partial charge in [0, 0.05) is 19.1 Å². The molecule has 0 spiro atoms. The molecule has 1 amide bonds. The highest BCUT2D eigenvalue weighted by molar-refractivity contribution is 5.78. The Morgan fingerprint density at radius 3 is 2.67 bits per heavy atom. The largest absolute Gasteiger partial charge is 0.468 e. The van der Waals surface area contributed by atoms with Crippen molar-refractivity contribution in [3.05, 3.63) is 24.2 Å². The number of amides is 1. The molecular formula is C19H33N5O3. The Labute approximate surface area is 161 Å². The van der Waals surface area contributed by atoms with E-state index in [1.54, 1.807) is 11.2 Å². The second-order valence-electron chi connectivity index (χ2n) is 6.58. The van der Waals surface area contributed by atoms with Crippen LogP contribution >= 0.6 is 0 Å². The molecule has 1 aromatic heterocycles. The average Bonchev–Trinajstić information content (AvgIpc) is 3.20. The number of guanidine groups is 1. The van der Waals surface area contributed by atoms with E-state index in [0.29, 0.717) is 32.2 Å². The Balaban J connectivity index is 1.86. The molecule has 27 heavy (non-hydrogen) atoms. The summed E-state index contributed by atoms with van der Waals surface area (Å²) in [5.41, 5.74) is 6.12. The molecule has 1 fully saturated rings. The summed E-state index contributed by atoms with van der Waals surface area (Å²) in [7, 11) is 0. The van der Waals surface area contributed by atoms with Crippen molar-refractivity contribution in [3.8, 4) is 0 Å². The van der Waals surface area contributed by atoms with E-state index in [-0.39, 0.29) is 18.2 Å². The quantitative estimate of drug-likeness (QED) is 0.531. The highest BCUT2D eigenvalue weighted by atomic mass is 16.6. The monoisotopic (exact) mass is 379 g/mol. The molecule has 1 atom stereocenters. The topological polar surface area (TPSA) is 96.3 Å². The van der Waals surface area contributed by atoms with Crippen LogP contribution in [0, 0.1) is 0 Å². The van der Waals surface area contributed by atoms with Crippen LogP contribution in [0.2, 0.25) is 0 Å². The van der Waals surface area contributed by atoms with E-state index >= 15 is 0 Å². The molecule has 1 aromatic rings. The van der Waals surface area contributed by atoms with Crippen molar-refractivity contribution in [2.75, 3.05) is 39.3 Å². The van der Waals surface area contributed by atoms with E-state index < -0.39 is 0 Å². The lowest BCUT2D eigenvalue weighted by Gasteiger charge is -2.32. The summed E-state index contributed by atoms with van der Waals surface area (Å²) in [6.45, 7) is 10.2. The van der Waals surface area contributed by atoms with Gasteiger partial charge in [0.1, 0.15) is 5.76 Å². The molecule has 0 radical (unpaired) electrons. The highest BCUT2D eigenvalue weighted by Crippen LogP contribution is 2.21. The normalized spacial score (nSPS) is 17.2. The summed E-state index contributed by atoms with van der Waals surface area (Å²) in [6, 6.07) is 4.16. The fourth-order valence-corrected chi connectivity index (χ4v) is 3.39. The molecular weight excluding hydrogens is 346 g/mol. The van der Waals surface area contributed by atoms with Crippen LogP contribution in [0.4, 0.5) is 4.79 Å². The minimum Gasteiger partial charge on any atom is -0.468 e. The van der Waals surface area contributed by atoms with Crippen molar-refractivity contribution in [1.29, 1.82) is 0 Å². The smallest absolute Gasteiger partial charge is 0.409 e. The van der Waals surface area contributed by atoms with E-state index in [9.17, 15) is 4.79 Å². The van der Waals surface area contributed by atoms with E-state index in [2.05, 4.69) is 29.1 Å². The maximum Gasteiger partial charge on any atom is 0.409 e. The third-order valence-corrected chi connectivity index (χ3v) is 4.93. The van der Waals surface area contributed by atoms with Crippen LogP contribution in [0.1, 0.15) is 45.4 Å². The van der Waals surface area contributed by atoms with Crippen LogP contribution in [0.15, 0.2) is 27.8 Å². The minimum atomic E-state index is -0.238. The molecule has 152 valence electrons.